The fourth-order valence-electron chi connectivity index (χ4n) is 9.52. The van der Waals surface area contributed by atoms with E-state index >= 15 is 0 Å². The topological polar surface area (TPSA) is 198 Å². The molecule has 2 aliphatic carbocycles. The van der Waals surface area contributed by atoms with Crippen molar-refractivity contribution >= 4 is 29.7 Å². The second-order valence-electron chi connectivity index (χ2n) is 13.6. The van der Waals surface area contributed by atoms with Crippen LogP contribution in [0.4, 0.5) is 0 Å². The van der Waals surface area contributed by atoms with Crippen LogP contribution in [0.3, 0.4) is 0 Å². The van der Waals surface area contributed by atoms with Crippen LogP contribution in [0.1, 0.15) is 60.1 Å². The lowest BCUT2D eigenvalue weighted by molar-refractivity contribution is -0.356. The Hall–Kier alpha value is -3.59. The normalized spacial score (nSPS) is 47.2. The van der Waals surface area contributed by atoms with E-state index in [1.807, 2.05) is 0 Å². The minimum atomic E-state index is -2.85. The Morgan fingerprint density at radius 3 is 2.18 bits per heavy atom. The van der Waals surface area contributed by atoms with Crippen molar-refractivity contribution in [2.45, 2.75) is 95.5 Å². The van der Waals surface area contributed by atoms with Gasteiger partial charge in [0, 0.05) is 36.8 Å². The van der Waals surface area contributed by atoms with E-state index in [0.29, 0.717) is 5.56 Å². The largest absolute Gasteiger partial charge is 0.472 e. The van der Waals surface area contributed by atoms with Gasteiger partial charge in [-0.05, 0) is 26.8 Å². The van der Waals surface area contributed by atoms with Gasteiger partial charge < -0.3 is 43.1 Å². The molecule has 14 nitrogen and oxygen atoms in total. The summed E-state index contributed by atoms with van der Waals surface area (Å²) in [5.41, 5.74) is -11.9. The predicted octanol–water partition coefficient (Wildman–Crippen LogP) is 1.07. The maximum atomic E-state index is 14.3. The maximum absolute atomic E-state index is 14.3. The van der Waals surface area contributed by atoms with Crippen LogP contribution in [-0.4, -0.2) is 87.9 Å². The van der Waals surface area contributed by atoms with Gasteiger partial charge in [-0.1, -0.05) is 19.9 Å². The van der Waals surface area contributed by atoms with Gasteiger partial charge in [0.15, 0.2) is 17.8 Å². The minimum Gasteiger partial charge on any atom is -0.472 e. The number of esters is 4. The summed E-state index contributed by atoms with van der Waals surface area (Å²) in [5.74, 6) is -8.53. The van der Waals surface area contributed by atoms with Gasteiger partial charge in [-0.2, -0.15) is 0 Å². The summed E-state index contributed by atoms with van der Waals surface area (Å²) in [4.78, 5) is 66.0. The van der Waals surface area contributed by atoms with E-state index in [0.717, 1.165) is 27.0 Å². The number of cyclic esters (lactones) is 1. The Bertz CT molecular complexity index is 1550. The molecule has 14 heteroatoms. The third-order valence-electron chi connectivity index (χ3n) is 11.1. The number of carbonyl (C=O) groups excluding carboxylic acids is 5. The lowest BCUT2D eigenvalue weighted by Gasteiger charge is -2.63. The van der Waals surface area contributed by atoms with E-state index in [2.05, 4.69) is 0 Å². The highest BCUT2D eigenvalue weighted by Crippen LogP contribution is 2.85. The second kappa shape index (κ2) is 9.02. The van der Waals surface area contributed by atoms with E-state index in [1.165, 1.54) is 52.4 Å². The number of fused-ring (bicyclic) bond motifs is 3. The first-order chi connectivity index (χ1) is 20.8. The summed E-state index contributed by atoms with van der Waals surface area (Å²) in [6, 6.07) is 1.53. The monoisotopic (exact) mass is 632 g/mol. The fraction of sp³-hybridized carbons (Fsp3) is 0.645. The van der Waals surface area contributed by atoms with Gasteiger partial charge in [0.05, 0.1) is 30.5 Å². The molecule has 3 saturated heterocycles. The van der Waals surface area contributed by atoms with Crippen molar-refractivity contribution in [3.63, 3.8) is 0 Å². The molecule has 45 heavy (non-hydrogen) atoms. The van der Waals surface area contributed by atoms with E-state index < -0.39 is 98.8 Å². The summed E-state index contributed by atoms with van der Waals surface area (Å²) in [6.07, 6.45) is -0.887. The molecule has 4 heterocycles. The number of epoxide rings is 1. The Morgan fingerprint density at radius 2 is 1.62 bits per heavy atom. The van der Waals surface area contributed by atoms with Gasteiger partial charge in [0.25, 0.3) is 0 Å². The molecule has 0 aromatic carbocycles. The molecule has 1 spiro atoms. The standard InChI is InChI=1S/C31H36O14/c1-14(32)41-18-19-26(5,11-9-17(34)39-8)29(37)24(36)25(3,4)45-31(29,38)28(19,7)30-22(44-30)23(35)43-20(16-10-12-40-13-16)27(30,6)21(18)42-15(2)33/h9-13,18-22,37-38H,1-8H3/b11-9-/t18-,19?,20+,21-,22+,26-,27-,28-,29+,30-,31+/m1/s1. The molecule has 2 saturated carbocycles. The first kappa shape index (κ1) is 31.4. The van der Waals surface area contributed by atoms with Crippen LogP contribution in [0.5, 0.6) is 0 Å². The summed E-state index contributed by atoms with van der Waals surface area (Å²) in [6.45, 7) is 9.44. The van der Waals surface area contributed by atoms with Crippen LogP contribution >= 0.6 is 0 Å². The number of hydrogen-bond donors (Lipinski definition) is 2. The number of carbonyl (C=O) groups is 5. The van der Waals surface area contributed by atoms with Crippen LogP contribution in [-0.2, 0) is 52.4 Å². The number of hydrogen-bond acceptors (Lipinski definition) is 14. The third-order valence-corrected chi connectivity index (χ3v) is 11.1. The number of rotatable bonds is 5. The molecule has 1 unspecified atom stereocenters. The molecule has 0 bridgehead atoms. The number of aliphatic hydroxyl groups is 2. The van der Waals surface area contributed by atoms with E-state index in [4.69, 9.17) is 32.8 Å². The van der Waals surface area contributed by atoms with Crippen molar-refractivity contribution in [1.82, 2.24) is 0 Å². The van der Waals surface area contributed by atoms with Crippen LogP contribution in [0.15, 0.2) is 35.2 Å². The summed E-state index contributed by atoms with van der Waals surface area (Å²) in [5, 5.41) is 25.7. The first-order valence-electron chi connectivity index (χ1n) is 14.5. The molecule has 5 fully saturated rings. The molecule has 1 aromatic rings. The van der Waals surface area contributed by atoms with Crippen LogP contribution in [0.2, 0.25) is 0 Å². The molecule has 1 aromatic heterocycles. The molecule has 2 N–H and O–H groups in total. The Kier molecular flexibility index (Phi) is 6.29. The van der Waals surface area contributed by atoms with Crippen molar-refractivity contribution in [3.05, 3.63) is 36.3 Å². The van der Waals surface area contributed by atoms with Gasteiger partial charge >= 0.3 is 23.9 Å². The number of ketones is 1. The molecular formula is C31H36O14. The average molecular weight is 633 g/mol. The summed E-state index contributed by atoms with van der Waals surface area (Å²) < 4.78 is 40.4. The third kappa shape index (κ3) is 3.25. The average Bonchev–Trinajstić information content (AvgIpc) is 3.44. The molecule has 6 rings (SSSR count). The molecular weight excluding hydrogens is 596 g/mol. The van der Waals surface area contributed by atoms with Gasteiger partial charge in [-0.3, -0.25) is 14.4 Å². The molecule has 0 amide bonds. The smallest absolute Gasteiger partial charge is 0.339 e. The zero-order valence-electron chi connectivity index (χ0n) is 26.1. The van der Waals surface area contributed by atoms with E-state index in [9.17, 15) is 34.2 Å². The minimum absolute atomic E-state index is 0.331. The SMILES string of the molecule is COC(=O)/C=C\[C@]1(C)C2[C@@H](OC(C)=O)[C@@H](OC(C)=O)[C@@]3(C)[C@H](c4ccoc4)OC(=O)[C@@H]4O[C@]43[C@]2(C)[C@]2(O)OC(C)(C)C(=O)[C@@]21O. The lowest BCUT2D eigenvalue weighted by atomic mass is 9.43. The molecule has 11 atom stereocenters. The lowest BCUT2D eigenvalue weighted by Crippen LogP contribution is -2.77. The number of furan rings is 1. The van der Waals surface area contributed by atoms with Crippen molar-refractivity contribution in [3.8, 4) is 0 Å². The number of ether oxygens (including phenoxy) is 6. The second-order valence-corrected chi connectivity index (χ2v) is 13.6. The highest BCUT2D eigenvalue weighted by Gasteiger charge is 3.01. The molecule has 5 aliphatic rings. The van der Waals surface area contributed by atoms with E-state index in [-0.39, 0.29) is 0 Å². The highest BCUT2D eigenvalue weighted by atomic mass is 16.7. The molecule has 0 radical (unpaired) electrons. The zero-order chi connectivity index (χ0) is 33.3. The van der Waals surface area contributed by atoms with Crippen molar-refractivity contribution < 1.29 is 67.0 Å². The Balaban J connectivity index is 1.76. The van der Waals surface area contributed by atoms with Crippen molar-refractivity contribution in [2.24, 2.45) is 22.2 Å². The number of methoxy groups -OCH3 is 1. The highest BCUT2D eigenvalue weighted by molar-refractivity contribution is 6.00. The van der Waals surface area contributed by atoms with Crippen molar-refractivity contribution in [1.29, 1.82) is 0 Å². The van der Waals surface area contributed by atoms with Gasteiger partial charge in [0.2, 0.25) is 11.6 Å². The zero-order valence-corrected chi connectivity index (χ0v) is 26.1. The van der Waals surface area contributed by atoms with Gasteiger partial charge in [-0.15, -0.1) is 0 Å². The fourth-order valence-corrected chi connectivity index (χ4v) is 9.52. The first-order valence-corrected chi connectivity index (χ1v) is 14.5. The van der Waals surface area contributed by atoms with Crippen molar-refractivity contribution in [2.75, 3.05) is 7.11 Å². The maximum Gasteiger partial charge on any atom is 0.339 e. The van der Waals surface area contributed by atoms with Gasteiger partial charge in [-0.25, -0.2) is 9.59 Å². The van der Waals surface area contributed by atoms with Crippen LogP contribution in [0.25, 0.3) is 0 Å². The molecule has 244 valence electrons. The van der Waals surface area contributed by atoms with Crippen LogP contribution < -0.4 is 0 Å². The van der Waals surface area contributed by atoms with E-state index in [1.54, 1.807) is 6.92 Å². The predicted molar refractivity (Wildman–Crippen MR) is 145 cm³/mol. The van der Waals surface area contributed by atoms with Crippen LogP contribution in [0, 0.1) is 22.2 Å². The van der Waals surface area contributed by atoms with Gasteiger partial charge in [0.1, 0.15) is 23.4 Å². The quantitative estimate of drug-likeness (QED) is 0.202. The number of Topliss-reactive ketones (excluding diaryl/α,β-unsaturated/α-hetero) is 1. The molecule has 3 aliphatic heterocycles. The Morgan fingerprint density at radius 1 is 0.978 bits per heavy atom. The summed E-state index contributed by atoms with van der Waals surface area (Å²) in [7, 11) is 1.13. The summed E-state index contributed by atoms with van der Waals surface area (Å²) >= 11 is 0. The Labute approximate surface area is 257 Å².